The summed E-state index contributed by atoms with van der Waals surface area (Å²) in [7, 11) is 0. The predicted octanol–water partition coefficient (Wildman–Crippen LogP) is 4.71. The average Bonchev–Trinajstić information content (AvgIpc) is 2.28. The SMILES string of the molecule is CC(C)(C)C1CCN(Cc2cccc(Br)c2)CC1. The molecule has 1 aliphatic heterocycles. The summed E-state index contributed by atoms with van der Waals surface area (Å²) in [6, 6.07) is 8.67. The molecule has 2 heteroatoms. The molecule has 0 amide bonds. The Hall–Kier alpha value is -0.340. The number of piperidine rings is 1. The van der Waals surface area contributed by atoms with Crippen molar-refractivity contribution in [2.45, 2.75) is 40.2 Å². The van der Waals surface area contributed by atoms with E-state index in [0.717, 1.165) is 12.5 Å². The van der Waals surface area contributed by atoms with E-state index < -0.39 is 0 Å². The first-order valence-corrected chi connectivity index (χ1v) is 7.71. The van der Waals surface area contributed by atoms with Crippen molar-refractivity contribution in [2.75, 3.05) is 13.1 Å². The Morgan fingerprint density at radius 3 is 2.44 bits per heavy atom. The minimum absolute atomic E-state index is 0.474. The van der Waals surface area contributed by atoms with Gasteiger partial charge in [0.05, 0.1) is 0 Å². The van der Waals surface area contributed by atoms with Crippen molar-refractivity contribution in [1.29, 1.82) is 0 Å². The molecule has 0 saturated carbocycles. The van der Waals surface area contributed by atoms with Crippen molar-refractivity contribution in [1.82, 2.24) is 4.90 Å². The number of hydrogen-bond acceptors (Lipinski definition) is 1. The summed E-state index contributed by atoms with van der Waals surface area (Å²) < 4.78 is 1.18. The third-order valence-electron chi connectivity index (χ3n) is 4.11. The quantitative estimate of drug-likeness (QED) is 0.765. The van der Waals surface area contributed by atoms with Gasteiger partial charge in [0.25, 0.3) is 0 Å². The van der Waals surface area contributed by atoms with Gasteiger partial charge in [-0.25, -0.2) is 0 Å². The Labute approximate surface area is 120 Å². The summed E-state index contributed by atoms with van der Waals surface area (Å²) in [6.45, 7) is 10.7. The van der Waals surface area contributed by atoms with Gasteiger partial charge in [-0.2, -0.15) is 0 Å². The fourth-order valence-corrected chi connectivity index (χ4v) is 3.30. The first-order valence-electron chi connectivity index (χ1n) is 6.92. The van der Waals surface area contributed by atoms with E-state index in [1.165, 1.54) is 36.0 Å². The topological polar surface area (TPSA) is 3.24 Å². The number of halogens is 1. The van der Waals surface area contributed by atoms with Crippen molar-refractivity contribution in [2.24, 2.45) is 11.3 Å². The zero-order valence-corrected chi connectivity index (χ0v) is 13.3. The van der Waals surface area contributed by atoms with Crippen molar-refractivity contribution >= 4 is 15.9 Å². The molecule has 0 bridgehead atoms. The largest absolute Gasteiger partial charge is 0.299 e. The molecule has 18 heavy (non-hydrogen) atoms. The molecule has 0 unspecified atom stereocenters. The van der Waals surface area contributed by atoms with Gasteiger partial charge in [0.2, 0.25) is 0 Å². The maximum atomic E-state index is 3.54. The first kappa shape index (κ1) is 14.1. The molecule has 0 atom stereocenters. The normalized spacial score (nSPS) is 19.1. The smallest absolute Gasteiger partial charge is 0.0234 e. The van der Waals surface area contributed by atoms with E-state index in [1.807, 2.05) is 0 Å². The van der Waals surface area contributed by atoms with Crippen molar-refractivity contribution in [3.8, 4) is 0 Å². The van der Waals surface area contributed by atoms with Crippen LogP contribution >= 0.6 is 15.9 Å². The molecule has 0 N–H and O–H groups in total. The number of likely N-dealkylation sites (tertiary alicyclic amines) is 1. The Bertz CT molecular complexity index is 386. The molecule has 1 aromatic rings. The molecule has 0 aliphatic carbocycles. The van der Waals surface area contributed by atoms with E-state index >= 15 is 0 Å². The van der Waals surface area contributed by atoms with E-state index in [1.54, 1.807) is 0 Å². The molecule has 1 nitrogen and oxygen atoms in total. The zero-order valence-electron chi connectivity index (χ0n) is 11.7. The Kier molecular flexibility index (Phi) is 4.50. The van der Waals surface area contributed by atoms with Gasteiger partial charge in [0.1, 0.15) is 0 Å². The average molecular weight is 310 g/mol. The maximum Gasteiger partial charge on any atom is 0.0234 e. The highest BCUT2D eigenvalue weighted by molar-refractivity contribution is 9.10. The lowest BCUT2D eigenvalue weighted by molar-refractivity contribution is 0.108. The van der Waals surface area contributed by atoms with Crippen LogP contribution in [0.1, 0.15) is 39.2 Å². The number of nitrogens with zero attached hydrogens (tertiary/aromatic N) is 1. The number of benzene rings is 1. The zero-order chi connectivity index (χ0) is 13.2. The first-order chi connectivity index (χ1) is 8.45. The molecule has 0 spiro atoms. The predicted molar refractivity (Wildman–Crippen MR) is 81.6 cm³/mol. The highest BCUT2D eigenvalue weighted by Gasteiger charge is 2.28. The van der Waals surface area contributed by atoms with Crippen LogP contribution < -0.4 is 0 Å². The molecule has 0 radical (unpaired) electrons. The van der Waals surface area contributed by atoms with Gasteiger partial charge in [0.15, 0.2) is 0 Å². The fraction of sp³-hybridized carbons (Fsp3) is 0.625. The van der Waals surface area contributed by atoms with Crippen LogP contribution in [0, 0.1) is 11.3 Å². The number of hydrogen-bond donors (Lipinski definition) is 0. The molecule has 100 valence electrons. The monoisotopic (exact) mass is 309 g/mol. The van der Waals surface area contributed by atoms with Crippen LogP contribution in [-0.2, 0) is 6.54 Å². The molecule has 0 aromatic heterocycles. The van der Waals surface area contributed by atoms with E-state index in [9.17, 15) is 0 Å². The van der Waals surface area contributed by atoms with E-state index in [0.29, 0.717) is 5.41 Å². The molecule has 1 saturated heterocycles. The molecular formula is C16H24BrN. The minimum Gasteiger partial charge on any atom is -0.299 e. The Morgan fingerprint density at radius 1 is 1.22 bits per heavy atom. The second kappa shape index (κ2) is 5.75. The molecule has 1 heterocycles. The van der Waals surface area contributed by atoms with Crippen molar-refractivity contribution in [3.05, 3.63) is 34.3 Å². The van der Waals surface area contributed by atoms with Gasteiger partial charge in [0, 0.05) is 11.0 Å². The summed E-state index contributed by atoms with van der Waals surface area (Å²) in [6.07, 6.45) is 2.69. The molecule has 1 aromatic carbocycles. The van der Waals surface area contributed by atoms with E-state index in [-0.39, 0.29) is 0 Å². The maximum absolute atomic E-state index is 3.54. The molecule has 1 aliphatic rings. The van der Waals surface area contributed by atoms with Crippen LogP contribution in [0.5, 0.6) is 0 Å². The van der Waals surface area contributed by atoms with Crippen LogP contribution in [0.15, 0.2) is 28.7 Å². The summed E-state index contributed by atoms with van der Waals surface area (Å²) in [5, 5.41) is 0. The van der Waals surface area contributed by atoms with Gasteiger partial charge >= 0.3 is 0 Å². The van der Waals surface area contributed by atoms with Gasteiger partial charge in [-0.05, 0) is 55.0 Å². The third kappa shape index (κ3) is 3.83. The van der Waals surface area contributed by atoms with Crippen LogP contribution in [0.25, 0.3) is 0 Å². The standard InChI is InChI=1S/C16H24BrN/c1-16(2,3)14-7-9-18(10-8-14)12-13-5-4-6-15(17)11-13/h4-6,11,14H,7-10,12H2,1-3H3. The second-order valence-corrected chi connectivity index (χ2v) is 7.46. The molecule has 1 fully saturated rings. The van der Waals surface area contributed by atoms with E-state index in [4.69, 9.17) is 0 Å². The number of rotatable bonds is 2. The highest BCUT2D eigenvalue weighted by Crippen LogP contribution is 2.34. The van der Waals surface area contributed by atoms with Crippen LogP contribution in [-0.4, -0.2) is 18.0 Å². The summed E-state index contributed by atoms with van der Waals surface area (Å²) >= 11 is 3.54. The molecule has 2 rings (SSSR count). The minimum atomic E-state index is 0.474. The van der Waals surface area contributed by atoms with E-state index in [2.05, 4.69) is 65.9 Å². The lowest BCUT2D eigenvalue weighted by Crippen LogP contribution is -2.37. The third-order valence-corrected chi connectivity index (χ3v) is 4.60. The van der Waals surface area contributed by atoms with Crippen molar-refractivity contribution in [3.63, 3.8) is 0 Å². The molecular weight excluding hydrogens is 286 g/mol. The lowest BCUT2D eigenvalue weighted by Gasteiger charge is -2.38. The fourth-order valence-electron chi connectivity index (χ4n) is 2.85. The van der Waals surface area contributed by atoms with Gasteiger partial charge in [-0.15, -0.1) is 0 Å². The summed E-state index contributed by atoms with van der Waals surface area (Å²) in [4.78, 5) is 2.59. The Morgan fingerprint density at radius 2 is 1.89 bits per heavy atom. The van der Waals surface area contributed by atoms with Gasteiger partial charge in [-0.1, -0.05) is 48.8 Å². The van der Waals surface area contributed by atoms with Crippen LogP contribution in [0.4, 0.5) is 0 Å². The van der Waals surface area contributed by atoms with Crippen molar-refractivity contribution < 1.29 is 0 Å². The second-order valence-electron chi connectivity index (χ2n) is 6.55. The Balaban J connectivity index is 1.87. The highest BCUT2D eigenvalue weighted by atomic mass is 79.9. The lowest BCUT2D eigenvalue weighted by atomic mass is 9.75. The van der Waals surface area contributed by atoms with Crippen LogP contribution in [0.3, 0.4) is 0 Å². The van der Waals surface area contributed by atoms with Crippen LogP contribution in [0.2, 0.25) is 0 Å². The summed E-state index contributed by atoms with van der Waals surface area (Å²) in [5.74, 6) is 0.885. The van der Waals surface area contributed by atoms with Gasteiger partial charge in [-0.3, -0.25) is 4.90 Å². The summed E-state index contributed by atoms with van der Waals surface area (Å²) in [5.41, 5.74) is 1.89. The van der Waals surface area contributed by atoms with Gasteiger partial charge < -0.3 is 0 Å².